The van der Waals surface area contributed by atoms with Crippen molar-refractivity contribution < 1.29 is 19.1 Å². The van der Waals surface area contributed by atoms with Crippen LogP contribution < -0.4 is 5.32 Å². The van der Waals surface area contributed by atoms with E-state index in [9.17, 15) is 14.0 Å². The summed E-state index contributed by atoms with van der Waals surface area (Å²) in [6.07, 6.45) is -0.154. The van der Waals surface area contributed by atoms with E-state index in [1.807, 2.05) is 0 Å². The lowest BCUT2D eigenvalue weighted by Crippen LogP contribution is -2.38. The number of carbonyl (C=O) groups excluding carboxylic acids is 2. The Morgan fingerprint density at radius 1 is 1.50 bits per heavy atom. The Morgan fingerprint density at radius 3 is 2.70 bits per heavy atom. The van der Waals surface area contributed by atoms with Gasteiger partial charge in [-0.2, -0.15) is 0 Å². The predicted octanol–water partition coefficient (Wildman–Crippen LogP) is 1.76. The molecule has 0 saturated heterocycles. The summed E-state index contributed by atoms with van der Waals surface area (Å²) >= 11 is 2.99. The third-order valence-electron chi connectivity index (χ3n) is 2.60. The molecule has 1 aromatic rings. The van der Waals surface area contributed by atoms with Crippen molar-refractivity contribution >= 4 is 33.4 Å². The molecule has 1 unspecified atom stereocenters. The smallest absolute Gasteiger partial charge is 0.313 e. The molecule has 0 aliphatic carbocycles. The first-order valence-electron chi connectivity index (χ1n) is 6.01. The molecule has 2 N–H and O–H groups in total. The predicted molar refractivity (Wildman–Crippen MR) is 76.7 cm³/mol. The van der Waals surface area contributed by atoms with Crippen LogP contribution in [0.15, 0.2) is 22.7 Å². The van der Waals surface area contributed by atoms with Crippen LogP contribution in [0.25, 0.3) is 0 Å². The summed E-state index contributed by atoms with van der Waals surface area (Å²) in [7, 11) is 1.48. The maximum absolute atomic E-state index is 13.0. The number of benzene rings is 1. The summed E-state index contributed by atoms with van der Waals surface area (Å²) in [5.74, 6) is -1.98. The van der Waals surface area contributed by atoms with Gasteiger partial charge in [0.05, 0.1) is 10.6 Å². The van der Waals surface area contributed by atoms with E-state index >= 15 is 0 Å². The van der Waals surface area contributed by atoms with Crippen LogP contribution >= 0.6 is 15.9 Å². The van der Waals surface area contributed by atoms with Gasteiger partial charge in [-0.15, -0.1) is 0 Å². The Labute approximate surface area is 124 Å². The van der Waals surface area contributed by atoms with Gasteiger partial charge in [0.15, 0.2) is 0 Å². The Hall–Kier alpha value is -1.47. The first-order valence-corrected chi connectivity index (χ1v) is 6.80. The van der Waals surface area contributed by atoms with Gasteiger partial charge in [-0.3, -0.25) is 9.59 Å². The van der Waals surface area contributed by atoms with Crippen LogP contribution in [-0.4, -0.2) is 41.5 Å². The molecule has 0 fully saturated rings. The lowest BCUT2D eigenvalue weighted by Gasteiger charge is -2.17. The van der Waals surface area contributed by atoms with Crippen LogP contribution in [0, 0.1) is 5.82 Å². The number of carbonyl (C=O) groups is 2. The maximum atomic E-state index is 13.0. The van der Waals surface area contributed by atoms with Crippen molar-refractivity contribution in [3.05, 3.63) is 28.5 Å². The van der Waals surface area contributed by atoms with E-state index < -0.39 is 23.7 Å². The summed E-state index contributed by atoms with van der Waals surface area (Å²) in [4.78, 5) is 24.7. The minimum atomic E-state index is -0.809. The van der Waals surface area contributed by atoms with Gasteiger partial charge >= 0.3 is 11.8 Å². The third kappa shape index (κ3) is 4.90. The highest BCUT2D eigenvalue weighted by molar-refractivity contribution is 9.10. The first kappa shape index (κ1) is 16.6. The van der Waals surface area contributed by atoms with Gasteiger partial charge in [0.2, 0.25) is 0 Å². The summed E-state index contributed by atoms with van der Waals surface area (Å²) < 4.78 is 13.2. The second-order valence-corrected chi connectivity index (χ2v) is 5.30. The van der Waals surface area contributed by atoms with E-state index in [1.54, 1.807) is 6.92 Å². The van der Waals surface area contributed by atoms with Crippen LogP contribution in [0.1, 0.15) is 13.3 Å². The molecule has 0 aliphatic heterocycles. The number of likely N-dealkylation sites (N-methyl/N-ethyl adjacent to an activating group) is 1. The zero-order chi connectivity index (χ0) is 15.3. The fraction of sp³-hybridized carbons (Fsp3) is 0.385. The molecule has 0 spiro atoms. The fourth-order valence-corrected chi connectivity index (χ4v) is 1.79. The van der Waals surface area contributed by atoms with Gasteiger partial charge < -0.3 is 15.3 Å². The summed E-state index contributed by atoms with van der Waals surface area (Å²) in [6, 6.07) is 3.92. The zero-order valence-corrected chi connectivity index (χ0v) is 12.8. The standard InChI is InChI=1S/C13H16BrFN2O3/c1-8(18)5-6-17(2)13(20)12(19)16-9-3-4-11(15)10(14)7-9/h3-4,7-8,18H,5-6H2,1-2H3,(H,16,19). The van der Waals surface area contributed by atoms with Crippen molar-refractivity contribution in [1.29, 1.82) is 0 Å². The monoisotopic (exact) mass is 346 g/mol. The van der Waals surface area contributed by atoms with Crippen LogP contribution in [-0.2, 0) is 9.59 Å². The van der Waals surface area contributed by atoms with Crippen molar-refractivity contribution in [2.75, 3.05) is 18.9 Å². The molecule has 7 heteroatoms. The number of nitrogens with zero attached hydrogens (tertiary/aromatic N) is 1. The first-order chi connectivity index (χ1) is 9.31. The number of anilines is 1. The molecule has 2 amide bonds. The van der Waals surface area contributed by atoms with Crippen molar-refractivity contribution in [2.45, 2.75) is 19.4 Å². The Bertz CT molecular complexity index is 508. The number of hydrogen-bond acceptors (Lipinski definition) is 3. The Balaban J connectivity index is 2.61. The molecule has 5 nitrogen and oxygen atoms in total. The molecule has 1 aromatic carbocycles. The number of rotatable bonds is 4. The second kappa shape index (κ2) is 7.35. The molecular formula is C13H16BrFN2O3. The Morgan fingerprint density at radius 2 is 2.15 bits per heavy atom. The SMILES string of the molecule is CC(O)CCN(C)C(=O)C(=O)Nc1ccc(F)c(Br)c1. The number of nitrogens with one attached hydrogen (secondary N) is 1. The number of hydrogen-bond donors (Lipinski definition) is 2. The van der Waals surface area contributed by atoms with E-state index in [0.29, 0.717) is 12.1 Å². The second-order valence-electron chi connectivity index (χ2n) is 4.45. The fourth-order valence-electron chi connectivity index (χ4n) is 1.41. The molecule has 0 bridgehead atoms. The maximum Gasteiger partial charge on any atom is 0.313 e. The lowest BCUT2D eigenvalue weighted by atomic mass is 10.2. The molecule has 0 aliphatic rings. The highest BCUT2D eigenvalue weighted by Crippen LogP contribution is 2.19. The van der Waals surface area contributed by atoms with Crippen LogP contribution in [0.3, 0.4) is 0 Å². The van der Waals surface area contributed by atoms with Crippen LogP contribution in [0.2, 0.25) is 0 Å². The third-order valence-corrected chi connectivity index (χ3v) is 3.21. The number of halogens is 2. The Kier molecular flexibility index (Phi) is 6.09. The molecule has 110 valence electrons. The summed E-state index contributed by atoms with van der Waals surface area (Å²) in [6.45, 7) is 1.88. The summed E-state index contributed by atoms with van der Waals surface area (Å²) in [5.41, 5.74) is 0.320. The lowest BCUT2D eigenvalue weighted by molar-refractivity contribution is -0.142. The molecule has 1 atom stereocenters. The van der Waals surface area contributed by atoms with E-state index in [4.69, 9.17) is 5.11 Å². The van der Waals surface area contributed by atoms with Gasteiger partial charge in [-0.05, 0) is 47.5 Å². The number of aliphatic hydroxyl groups excluding tert-OH is 1. The van der Waals surface area contributed by atoms with Gasteiger partial charge in [-0.1, -0.05) is 0 Å². The zero-order valence-electron chi connectivity index (χ0n) is 11.2. The van der Waals surface area contributed by atoms with Gasteiger partial charge in [0, 0.05) is 19.3 Å². The molecule has 0 aromatic heterocycles. The average Bonchev–Trinajstić information content (AvgIpc) is 2.39. The van der Waals surface area contributed by atoms with Gasteiger partial charge in [0.25, 0.3) is 0 Å². The van der Waals surface area contributed by atoms with Crippen molar-refractivity contribution in [3.63, 3.8) is 0 Å². The van der Waals surface area contributed by atoms with E-state index in [0.717, 1.165) is 0 Å². The topological polar surface area (TPSA) is 69.6 Å². The van der Waals surface area contributed by atoms with Gasteiger partial charge in [-0.25, -0.2) is 4.39 Å². The molecule has 1 rings (SSSR count). The molecular weight excluding hydrogens is 331 g/mol. The van der Waals surface area contributed by atoms with Crippen LogP contribution in [0.4, 0.5) is 10.1 Å². The van der Waals surface area contributed by atoms with Crippen molar-refractivity contribution in [2.24, 2.45) is 0 Å². The molecule has 20 heavy (non-hydrogen) atoms. The highest BCUT2D eigenvalue weighted by Gasteiger charge is 2.19. The largest absolute Gasteiger partial charge is 0.393 e. The molecule has 0 heterocycles. The van der Waals surface area contributed by atoms with Crippen molar-refractivity contribution in [1.82, 2.24) is 4.90 Å². The van der Waals surface area contributed by atoms with Crippen molar-refractivity contribution in [3.8, 4) is 0 Å². The normalized spacial score (nSPS) is 11.8. The molecule has 0 saturated carbocycles. The average molecular weight is 347 g/mol. The minimum Gasteiger partial charge on any atom is -0.393 e. The van der Waals surface area contributed by atoms with E-state index in [2.05, 4.69) is 21.2 Å². The van der Waals surface area contributed by atoms with E-state index in [1.165, 1.54) is 30.1 Å². The van der Waals surface area contributed by atoms with Crippen LogP contribution in [0.5, 0.6) is 0 Å². The quantitative estimate of drug-likeness (QED) is 0.816. The van der Waals surface area contributed by atoms with Gasteiger partial charge in [0.1, 0.15) is 5.82 Å². The minimum absolute atomic E-state index is 0.199. The summed E-state index contributed by atoms with van der Waals surface area (Å²) in [5, 5.41) is 11.5. The number of aliphatic hydroxyl groups is 1. The highest BCUT2D eigenvalue weighted by atomic mass is 79.9. The number of amides is 2. The van der Waals surface area contributed by atoms with E-state index in [-0.39, 0.29) is 11.0 Å². The molecule has 0 radical (unpaired) electrons.